The Balaban J connectivity index is 2.10. The Labute approximate surface area is 166 Å². The molecule has 8 heteroatoms. The van der Waals surface area contributed by atoms with E-state index in [1.54, 1.807) is 12.1 Å². The molecule has 1 fully saturated rings. The highest BCUT2D eigenvalue weighted by atomic mass is 16.5. The summed E-state index contributed by atoms with van der Waals surface area (Å²) in [5.74, 6) is 0.869. The minimum absolute atomic E-state index is 0.0819. The maximum atomic E-state index is 13.0. The fraction of sp³-hybridized carbons (Fsp3) is 0.600. The average Bonchev–Trinajstić information content (AvgIpc) is 2.69. The predicted molar refractivity (Wildman–Crippen MR) is 106 cm³/mol. The fourth-order valence-corrected chi connectivity index (χ4v) is 3.09. The number of piperazine rings is 1. The van der Waals surface area contributed by atoms with Gasteiger partial charge in [0, 0.05) is 31.7 Å². The molecule has 1 heterocycles. The third kappa shape index (κ3) is 5.76. The number of amides is 2. The van der Waals surface area contributed by atoms with Crippen molar-refractivity contribution in [2.45, 2.75) is 20.3 Å². The summed E-state index contributed by atoms with van der Waals surface area (Å²) in [7, 11) is 2.93. The minimum Gasteiger partial charge on any atom is -0.493 e. The number of nitrogens with two attached hydrogens (primary N) is 1. The summed E-state index contributed by atoms with van der Waals surface area (Å²) in [6.45, 7) is 8.29. The molecule has 2 N–H and O–H groups in total. The van der Waals surface area contributed by atoms with Gasteiger partial charge in [-0.05, 0) is 31.0 Å². The molecular formula is C20H31N3O5. The Morgan fingerprint density at radius 1 is 1.07 bits per heavy atom. The molecule has 0 unspecified atom stereocenters. The van der Waals surface area contributed by atoms with Crippen LogP contribution in [0.25, 0.3) is 0 Å². The summed E-state index contributed by atoms with van der Waals surface area (Å²) in [4.78, 5) is 28.2. The molecule has 0 radical (unpaired) electrons. The van der Waals surface area contributed by atoms with Gasteiger partial charge in [0.15, 0.2) is 18.1 Å². The molecule has 156 valence electrons. The van der Waals surface area contributed by atoms with Gasteiger partial charge in [-0.25, -0.2) is 0 Å². The number of benzene rings is 1. The summed E-state index contributed by atoms with van der Waals surface area (Å²) >= 11 is 0. The Hall–Kier alpha value is -2.48. The second-order valence-corrected chi connectivity index (χ2v) is 7.28. The van der Waals surface area contributed by atoms with Crippen LogP contribution in [0.2, 0.25) is 0 Å². The second kappa shape index (κ2) is 10.2. The second-order valence-electron chi connectivity index (χ2n) is 7.28. The highest BCUT2D eigenvalue weighted by Crippen LogP contribution is 2.38. The van der Waals surface area contributed by atoms with Crippen LogP contribution in [0.5, 0.6) is 17.2 Å². The van der Waals surface area contributed by atoms with Gasteiger partial charge in [-0.1, -0.05) is 13.8 Å². The summed E-state index contributed by atoms with van der Waals surface area (Å²) in [6, 6.07) is 3.21. The van der Waals surface area contributed by atoms with Crippen molar-refractivity contribution in [3.63, 3.8) is 0 Å². The van der Waals surface area contributed by atoms with Gasteiger partial charge in [0.05, 0.1) is 14.2 Å². The Morgan fingerprint density at radius 3 is 2.11 bits per heavy atom. The van der Waals surface area contributed by atoms with Crippen molar-refractivity contribution >= 4 is 11.8 Å². The van der Waals surface area contributed by atoms with E-state index >= 15 is 0 Å². The van der Waals surface area contributed by atoms with Gasteiger partial charge in [-0.15, -0.1) is 0 Å². The van der Waals surface area contributed by atoms with Crippen molar-refractivity contribution in [1.29, 1.82) is 0 Å². The standard InChI is InChI=1S/C20H31N3O5/c1-14(2)5-6-22-7-9-23(10-8-22)20(25)15-11-16(26-3)19(17(12-15)27-4)28-13-18(21)24/h11-12,14H,5-10,13H2,1-4H3,(H2,21,24). The van der Waals surface area contributed by atoms with Crippen LogP contribution in [-0.2, 0) is 4.79 Å². The fourth-order valence-electron chi connectivity index (χ4n) is 3.09. The normalized spacial score (nSPS) is 14.8. The molecule has 1 saturated heterocycles. The first kappa shape index (κ1) is 21.8. The van der Waals surface area contributed by atoms with Crippen molar-refractivity contribution < 1.29 is 23.8 Å². The van der Waals surface area contributed by atoms with Gasteiger partial charge in [-0.2, -0.15) is 0 Å². The number of rotatable bonds is 9. The van der Waals surface area contributed by atoms with Gasteiger partial charge in [0.1, 0.15) is 0 Å². The number of nitrogens with zero attached hydrogens (tertiary/aromatic N) is 2. The summed E-state index contributed by atoms with van der Waals surface area (Å²) < 4.78 is 16.1. The van der Waals surface area contributed by atoms with E-state index in [0.717, 1.165) is 26.1 Å². The molecule has 28 heavy (non-hydrogen) atoms. The van der Waals surface area contributed by atoms with E-state index in [9.17, 15) is 9.59 Å². The number of hydrogen-bond acceptors (Lipinski definition) is 6. The zero-order valence-corrected chi connectivity index (χ0v) is 17.2. The number of carbonyl (C=O) groups excluding carboxylic acids is 2. The highest BCUT2D eigenvalue weighted by molar-refractivity contribution is 5.95. The quantitative estimate of drug-likeness (QED) is 0.681. The van der Waals surface area contributed by atoms with Crippen molar-refractivity contribution in [2.75, 3.05) is 53.6 Å². The molecule has 1 aliphatic heterocycles. The Morgan fingerprint density at radius 2 is 1.64 bits per heavy atom. The van der Waals surface area contributed by atoms with Crippen LogP contribution in [0.15, 0.2) is 12.1 Å². The molecule has 1 aliphatic rings. The maximum Gasteiger partial charge on any atom is 0.255 e. The summed E-state index contributed by atoms with van der Waals surface area (Å²) in [5.41, 5.74) is 5.59. The molecule has 8 nitrogen and oxygen atoms in total. The summed E-state index contributed by atoms with van der Waals surface area (Å²) in [6.07, 6.45) is 1.16. The monoisotopic (exact) mass is 393 g/mol. The highest BCUT2D eigenvalue weighted by Gasteiger charge is 2.25. The van der Waals surface area contributed by atoms with Crippen LogP contribution in [0.3, 0.4) is 0 Å². The van der Waals surface area contributed by atoms with Gasteiger partial charge in [0.25, 0.3) is 11.8 Å². The first-order valence-electron chi connectivity index (χ1n) is 9.54. The van der Waals surface area contributed by atoms with Crippen LogP contribution in [0, 0.1) is 5.92 Å². The van der Waals surface area contributed by atoms with Crippen LogP contribution in [0.1, 0.15) is 30.6 Å². The van der Waals surface area contributed by atoms with Gasteiger partial charge in [-0.3, -0.25) is 14.5 Å². The van der Waals surface area contributed by atoms with E-state index < -0.39 is 5.91 Å². The predicted octanol–water partition coefficient (Wildman–Crippen LogP) is 1.37. The number of hydrogen-bond donors (Lipinski definition) is 1. The van der Waals surface area contributed by atoms with Crippen LogP contribution < -0.4 is 19.9 Å². The zero-order valence-electron chi connectivity index (χ0n) is 17.2. The van der Waals surface area contributed by atoms with Crippen LogP contribution in [-0.4, -0.2) is 75.2 Å². The first-order chi connectivity index (χ1) is 13.3. The molecule has 0 bridgehead atoms. The maximum absolute atomic E-state index is 13.0. The van der Waals surface area contributed by atoms with Crippen molar-refractivity contribution in [1.82, 2.24) is 9.80 Å². The smallest absolute Gasteiger partial charge is 0.255 e. The lowest BCUT2D eigenvalue weighted by molar-refractivity contribution is -0.120. The SMILES string of the molecule is COc1cc(C(=O)N2CCN(CCC(C)C)CC2)cc(OC)c1OCC(N)=O. The van der Waals surface area contributed by atoms with Crippen LogP contribution in [0.4, 0.5) is 0 Å². The van der Waals surface area contributed by atoms with Gasteiger partial charge < -0.3 is 24.8 Å². The molecule has 2 rings (SSSR count). The minimum atomic E-state index is -0.611. The van der Waals surface area contributed by atoms with E-state index in [-0.39, 0.29) is 18.3 Å². The van der Waals surface area contributed by atoms with E-state index in [2.05, 4.69) is 18.7 Å². The molecule has 0 aromatic heterocycles. The molecule has 2 amide bonds. The molecular weight excluding hydrogens is 362 g/mol. The van der Waals surface area contributed by atoms with Crippen molar-refractivity contribution in [2.24, 2.45) is 11.7 Å². The lowest BCUT2D eigenvalue weighted by Crippen LogP contribution is -2.49. The molecule has 0 atom stereocenters. The van der Waals surface area contributed by atoms with E-state index in [1.807, 2.05) is 4.90 Å². The topological polar surface area (TPSA) is 94.3 Å². The van der Waals surface area contributed by atoms with Crippen LogP contribution >= 0.6 is 0 Å². The first-order valence-corrected chi connectivity index (χ1v) is 9.54. The number of carbonyl (C=O) groups is 2. The third-order valence-electron chi connectivity index (χ3n) is 4.75. The van der Waals surface area contributed by atoms with E-state index in [0.29, 0.717) is 36.1 Å². The average molecular weight is 393 g/mol. The molecule has 0 saturated carbocycles. The number of ether oxygens (including phenoxy) is 3. The van der Waals surface area contributed by atoms with Crippen molar-refractivity contribution in [3.8, 4) is 17.2 Å². The lowest BCUT2D eigenvalue weighted by Gasteiger charge is -2.35. The van der Waals surface area contributed by atoms with E-state index in [4.69, 9.17) is 19.9 Å². The Kier molecular flexibility index (Phi) is 7.92. The lowest BCUT2D eigenvalue weighted by atomic mass is 10.1. The largest absolute Gasteiger partial charge is 0.493 e. The number of methoxy groups -OCH3 is 2. The molecule has 1 aromatic carbocycles. The zero-order chi connectivity index (χ0) is 20.7. The van der Waals surface area contributed by atoms with Gasteiger partial charge >= 0.3 is 0 Å². The molecule has 0 spiro atoms. The number of primary amides is 1. The molecule has 1 aromatic rings. The van der Waals surface area contributed by atoms with E-state index in [1.165, 1.54) is 14.2 Å². The van der Waals surface area contributed by atoms with Crippen molar-refractivity contribution in [3.05, 3.63) is 17.7 Å². The van der Waals surface area contributed by atoms with Gasteiger partial charge in [0.2, 0.25) is 5.75 Å². The molecule has 0 aliphatic carbocycles. The Bertz CT molecular complexity index is 659. The third-order valence-corrected chi connectivity index (χ3v) is 4.75. The summed E-state index contributed by atoms with van der Waals surface area (Å²) in [5, 5.41) is 0.